The molecule has 1 fully saturated rings. The second kappa shape index (κ2) is 11.9. The Balaban J connectivity index is 1.30. The molecule has 0 bridgehead atoms. The lowest BCUT2D eigenvalue weighted by molar-refractivity contribution is 0.0683. The predicted octanol–water partition coefficient (Wildman–Crippen LogP) is 7.97. The van der Waals surface area contributed by atoms with Crippen molar-refractivity contribution >= 4 is 27.6 Å². The minimum Gasteiger partial charge on any atom is -0.493 e. The monoisotopic (exact) mass is 577 g/mol. The van der Waals surface area contributed by atoms with E-state index in [0.29, 0.717) is 50.8 Å². The summed E-state index contributed by atoms with van der Waals surface area (Å²) in [6, 6.07) is 20.7. The van der Waals surface area contributed by atoms with Gasteiger partial charge in [-0.3, -0.25) is 4.68 Å². The van der Waals surface area contributed by atoms with Crippen molar-refractivity contribution in [2.45, 2.75) is 77.5 Å². The smallest absolute Gasteiger partial charge is 0.352 e. The minimum atomic E-state index is -0.873. The number of carbonyl (C=O) groups is 1. The van der Waals surface area contributed by atoms with Crippen molar-refractivity contribution in [1.29, 1.82) is 0 Å². The summed E-state index contributed by atoms with van der Waals surface area (Å²) in [7, 11) is 0. The number of hydrogen-bond donors (Lipinski definition) is 1. The summed E-state index contributed by atoms with van der Waals surface area (Å²) in [6.45, 7) is 5.35. The molecule has 7 heteroatoms. The maximum absolute atomic E-state index is 13.0. The Hall–Kier alpha value is -4.10. The molecule has 0 spiro atoms. The zero-order valence-electron chi connectivity index (χ0n) is 24.8. The van der Waals surface area contributed by atoms with Crippen LogP contribution < -0.4 is 4.74 Å². The third kappa shape index (κ3) is 5.20. The third-order valence-corrected chi connectivity index (χ3v) is 8.88. The third-order valence-electron chi connectivity index (χ3n) is 8.88. The van der Waals surface area contributed by atoms with Gasteiger partial charge < -0.3 is 19.1 Å². The van der Waals surface area contributed by atoms with Gasteiger partial charge in [0, 0.05) is 47.5 Å². The molecule has 2 aliphatic rings. The maximum Gasteiger partial charge on any atom is 0.352 e. The number of hydrogen-bond acceptors (Lipinski definition) is 4. The highest BCUT2D eigenvalue weighted by atomic mass is 16.5. The van der Waals surface area contributed by atoms with Gasteiger partial charge in [-0.25, -0.2) is 4.79 Å². The van der Waals surface area contributed by atoms with E-state index in [2.05, 4.69) is 52.6 Å². The van der Waals surface area contributed by atoms with E-state index in [0.717, 1.165) is 94.2 Å². The van der Waals surface area contributed by atoms with Crippen LogP contribution in [-0.2, 0) is 30.9 Å². The van der Waals surface area contributed by atoms with Gasteiger partial charge in [-0.15, -0.1) is 0 Å². The molecule has 1 saturated carbocycles. The second-order valence-corrected chi connectivity index (χ2v) is 11.9. The van der Waals surface area contributed by atoms with Crippen molar-refractivity contribution in [3.63, 3.8) is 0 Å². The van der Waals surface area contributed by atoms with Crippen molar-refractivity contribution in [3.8, 4) is 16.9 Å². The molecule has 0 radical (unpaired) electrons. The quantitative estimate of drug-likeness (QED) is 0.180. The molecule has 0 unspecified atom stereocenters. The summed E-state index contributed by atoms with van der Waals surface area (Å²) >= 11 is 0. The van der Waals surface area contributed by atoms with E-state index < -0.39 is 5.97 Å². The SMILES string of the molecule is CCCn1nc(C2CC2)c2c1COCCCCn1c(C(=O)O)c(CCCOc3cccc4ccccc34)c3cccc-2c31. The van der Waals surface area contributed by atoms with Crippen LogP contribution in [0.4, 0.5) is 0 Å². The first kappa shape index (κ1) is 27.7. The van der Waals surface area contributed by atoms with Gasteiger partial charge in [0.05, 0.1) is 30.1 Å². The van der Waals surface area contributed by atoms with E-state index >= 15 is 0 Å². The topological polar surface area (TPSA) is 78.5 Å². The maximum atomic E-state index is 13.0. The normalized spacial score (nSPS) is 15.4. The molecule has 3 aromatic carbocycles. The first-order valence-electron chi connectivity index (χ1n) is 15.8. The number of aromatic carboxylic acids is 1. The van der Waals surface area contributed by atoms with E-state index in [9.17, 15) is 9.90 Å². The van der Waals surface area contributed by atoms with E-state index in [1.165, 1.54) is 0 Å². The molecule has 43 heavy (non-hydrogen) atoms. The van der Waals surface area contributed by atoms with Crippen molar-refractivity contribution in [2.75, 3.05) is 13.2 Å². The Kier molecular flexibility index (Phi) is 7.66. The second-order valence-electron chi connectivity index (χ2n) is 11.9. The Morgan fingerprint density at radius 1 is 1.05 bits per heavy atom. The van der Waals surface area contributed by atoms with Crippen LogP contribution in [0.2, 0.25) is 0 Å². The largest absolute Gasteiger partial charge is 0.493 e. The predicted molar refractivity (Wildman–Crippen MR) is 169 cm³/mol. The number of fused-ring (bicyclic) bond motifs is 3. The molecular formula is C36H39N3O4. The van der Waals surface area contributed by atoms with Gasteiger partial charge in [0.15, 0.2) is 0 Å². The highest BCUT2D eigenvalue weighted by Gasteiger charge is 2.34. The Labute approximate surface area is 252 Å². The molecule has 3 heterocycles. The number of nitrogens with zero attached hydrogens (tertiary/aromatic N) is 3. The molecule has 5 aromatic rings. The zero-order chi connectivity index (χ0) is 29.3. The number of para-hydroxylation sites is 1. The fourth-order valence-electron chi connectivity index (χ4n) is 6.80. The molecule has 1 aliphatic heterocycles. The number of aromatic nitrogens is 3. The highest BCUT2D eigenvalue weighted by molar-refractivity contribution is 6.04. The molecule has 222 valence electrons. The summed E-state index contributed by atoms with van der Waals surface area (Å²) in [5.41, 5.74) is 6.83. The van der Waals surface area contributed by atoms with E-state index in [1.807, 2.05) is 24.3 Å². The number of ether oxygens (including phenoxy) is 2. The molecule has 1 aliphatic carbocycles. The fourth-order valence-corrected chi connectivity index (χ4v) is 6.80. The first-order valence-corrected chi connectivity index (χ1v) is 15.8. The van der Waals surface area contributed by atoms with Crippen LogP contribution >= 0.6 is 0 Å². The van der Waals surface area contributed by atoms with Crippen molar-refractivity contribution in [1.82, 2.24) is 14.3 Å². The summed E-state index contributed by atoms with van der Waals surface area (Å²) in [4.78, 5) is 13.0. The molecule has 0 atom stereocenters. The summed E-state index contributed by atoms with van der Waals surface area (Å²) in [5.74, 6) is 0.449. The summed E-state index contributed by atoms with van der Waals surface area (Å²) < 4.78 is 16.7. The Morgan fingerprint density at radius 3 is 2.70 bits per heavy atom. The summed E-state index contributed by atoms with van der Waals surface area (Å²) in [6.07, 6.45) is 6.36. The molecule has 0 amide bonds. The number of carboxylic acid groups (broad SMARTS) is 1. The van der Waals surface area contributed by atoms with E-state index in [4.69, 9.17) is 14.6 Å². The van der Waals surface area contributed by atoms with Crippen LogP contribution in [-0.4, -0.2) is 38.6 Å². The lowest BCUT2D eigenvalue weighted by Gasteiger charge is -2.13. The number of carboxylic acids is 1. The summed E-state index contributed by atoms with van der Waals surface area (Å²) in [5, 5.41) is 19.0. The molecule has 2 aromatic heterocycles. The fraction of sp³-hybridized carbons (Fsp3) is 0.389. The molecule has 7 rings (SSSR count). The lowest BCUT2D eigenvalue weighted by atomic mass is 9.96. The van der Waals surface area contributed by atoms with Crippen LogP contribution in [0.25, 0.3) is 32.8 Å². The van der Waals surface area contributed by atoms with E-state index in [1.54, 1.807) is 0 Å². The first-order chi connectivity index (χ1) is 21.2. The number of aryl methyl sites for hydroxylation is 3. The molecular weight excluding hydrogens is 538 g/mol. The number of rotatable bonds is 9. The van der Waals surface area contributed by atoms with E-state index in [-0.39, 0.29) is 0 Å². The van der Waals surface area contributed by atoms with Crippen molar-refractivity contribution < 1.29 is 19.4 Å². The average molecular weight is 578 g/mol. The highest BCUT2D eigenvalue weighted by Crippen LogP contribution is 2.47. The van der Waals surface area contributed by atoms with Crippen molar-refractivity contribution in [3.05, 3.63) is 83.3 Å². The van der Waals surface area contributed by atoms with Crippen molar-refractivity contribution in [2.24, 2.45) is 0 Å². The standard InChI is InChI=1S/C36H39N3O4/c1-2-19-39-30-23-42-21-6-5-20-38-34-27(13-8-14-29(34)32(30)33(37-39)25-17-18-25)28(35(38)36(40)41)15-9-22-43-31-16-7-11-24-10-3-4-12-26(24)31/h3-4,7-8,10-14,16,25H,2,5-6,9,15,17-23H2,1H3,(H,40,41). The van der Waals surface area contributed by atoms with Gasteiger partial charge >= 0.3 is 5.97 Å². The Bertz CT molecular complexity index is 1790. The average Bonchev–Trinajstić information content (AvgIpc) is 3.74. The lowest BCUT2D eigenvalue weighted by Crippen LogP contribution is -2.12. The van der Waals surface area contributed by atoms with Gasteiger partial charge in [0.2, 0.25) is 0 Å². The van der Waals surface area contributed by atoms with Crippen LogP contribution in [0.15, 0.2) is 60.7 Å². The van der Waals surface area contributed by atoms with Gasteiger partial charge in [0.1, 0.15) is 11.4 Å². The molecule has 1 N–H and O–H groups in total. The van der Waals surface area contributed by atoms with Crippen LogP contribution in [0.3, 0.4) is 0 Å². The minimum absolute atomic E-state index is 0.406. The zero-order valence-corrected chi connectivity index (χ0v) is 24.8. The molecule has 7 nitrogen and oxygen atoms in total. The van der Waals surface area contributed by atoms with Gasteiger partial charge in [-0.2, -0.15) is 5.10 Å². The van der Waals surface area contributed by atoms with Gasteiger partial charge in [-0.1, -0.05) is 61.5 Å². The van der Waals surface area contributed by atoms with Crippen LogP contribution in [0.5, 0.6) is 5.75 Å². The van der Waals surface area contributed by atoms with Gasteiger partial charge in [0.25, 0.3) is 0 Å². The van der Waals surface area contributed by atoms with Gasteiger partial charge in [-0.05, 0) is 62.0 Å². The van der Waals surface area contributed by atoms with Crippen LogP contribution in [0.1, 0.15) is 78.8 Å². The van der Waals surface area contributed by atoms with Crippen LogP contribution in [0, 0.1) is 0 Å². The Morgan fingerprint density at radius 2 is 1.86 bits per heavy atom. The molecule has 0 saturated heterocycles. The number of benzene rings is 3.